The lowest BCUT2D eigenvalue weighted by Crippen LogP contribution is -2.24. The lowest BCUT2D eigenvalue weighted by molar-refractivity contribution is -0.115. The summed E-state index contributed by atoms with van der Waals surface area (Å²) < 4.78 is 0. The molecule has 0 aromatic heterocycles. The van der Waals surface area contributed by atoms with Crippen molar-refractivity contribution in [1.29, 1.82) is 0 Å². The topological polar surface area (TPSA) is 64.9 Å². The first-order chi connectivity index (χ1) is 9.63. The summed E-state index contributed by atoms with van der Waals surface area (Å²) in [5, 5.41) is 15.2. The molecule has 2 heterocycles. The number of phenolic OH excluding ortho intramolecular Hbond substituents is 1. The molecule has 1 amide bonds. The second-order valence-electron chi connectivity index (χ2n) is 4.77. The molecule has 0 saturated carbocycles. The Morgan fingerprint density at radius 3 is 3.20 bits per heavy atom. The quantitative estimate of drug-likeness (QED) is 0.838. The van der Waals surface area contributed by atoms with Crippen molar-refractivity contribution in [1.82, 2.24) is 4.90 Å². The SMILES string of the molecule is Cc1cc(O)ccc1NC(=O)CC1=CSC2=NCCN12. The van der Waals surface area contributed by atoms with E-state index in [1.54, 1.807) is 30.0 Å². The van der Waals surface area contributed by atoms with Gasteiger partial charge in [-0.15, -0.1) is 0 Å². The summed E-state index contributed by atoms with van der Waals surface area (Å²) in [5.41, 5.74) is 2.58. The van der Waals surface area contributed by atoms with Crippen molar-refractivity contribution in [2.24, 2.45) is 4.99 Å². The van der Waals surface area contributed by atoms with Crippen LogP contribution in [0.25, 0.3) is 0 Å². The molecule has 0 fully saturated rings. The maximum atomic E-state index is 12.1. The molecule has 1 aromatic carbocycles. The van der Waals surface area contributed by atoms with Gasteiger partial charge >= 0.3 is 0 Å². The first kappa shape index (κ1) is 13.1. The van der Waals surface area contributed by atoms with E-state index in [1.165, 1.54) is 0 Å². The van der Waals surface area contributed by atoms with E-state index in [0.29, 0.717) is 6.42 Å². The Morgan fingerprint density at radius 2 is 2.40 bits per heavy atom. The number of amidine groups is 1. The molecule has 2 aliphatic rings. The van der Waals surface area contributed by atoms with Crippen LogP contribution in [0, 0.1) is 6.92 Å². The molecule has 20 heavy (non-hydrogen) atoms. The van der Waals surface area contributed by atoms with E-state index < -0.39 is 0 Å². The van der Waals surface area contributed by atoms with Gasteiger partial charge in [-0.2, -0.15) is 0 Å². The number of aryl methyl sites for hydroxylation is 1. The molecule has 0 radical (unpaired) electrons. The maximum absolute atomic E-state index is 12.1. The summed E-state index contributed by atoms with van der Waals surface area (Å²) in [6, 6.07) is 4.91. The molecule has 3 rings (SSSR count). The summed E-state index contributed by atoms with van der Waals surface area (Å²) in [5.74, 6) is 0.145. The summed E-state index contributed by atoms with van der Waals surface area (Å²) in [4.78, 5) is 18.6. The summed E-state index contributed by atoms with van der Waals surface area (Å²) >= 11 is 1.58. The summed E-state index contributed by atoms with van der Waals surface area (Å²) in [7, 11) is 0. The van der Waals surface area contributed by atoms with E-state index in [4.69, 9.17) is 0 Å². The second-order valence-corrected chi connectivity index (χ2v) is 5.60. The van der Waals surface area contributed by atoms with Crippen molar-refractivity contribution >= 4 is 28.5 Å². The Balaban J connectivity index is 1.64. The van der Waals surface area contributed by atoms with Crippen LogP contribution in [0.5, 0.6) is 5.75 Å². The van der Waals surface area contributed by atoms with Crippen LogP contribution in [-0.4, -0.2) is 34.2 Å². The van der Waals surface area contributed by atoms with Gasteiger partial charge in [0, 0.05) is 17.9 Å². The number of carbonyl (C=O) groups is 1. The number of aromatic hydroxyl groups is 1. The van der Waals surface area contributed by atoms with Crippen molar-refractivity contribution in [3.8, 4) is 5.75 Å². The van der Waals surface area contributed by atoms with Gasteiger partial charge in [0.05, 0.1) is 13.0 Å². The lowest BCUT2D eigenvalue weighted by Gasteiger charge is -2.16. The van der Waals surface area contributed by atoms with Crippen LogP contribution in [0.1, 0.15) is 12.0 Å². The van der Waals surface area contributed by atoms with E-state index in [0.717, 1.165) is 35.2 Å². The second kappa shape index (κ2) is 5.20. The minimum atomic E-state index is -0.0567. The monoisotopic (exact) mass is 289 g/mol. The van der Waals surface area contributed by atoms with Gasteiger partial charge in [0.15, 0.2) is 5.17 Å². The van der Waals surface area contributed by atoms with E-state index in [2.05, 4.69) is 15.2 Å². The van der Waals surface area contributed by atoms with Gasteiger partial charge in [-0.3, -0.25) is 9.79 Å². The number of anilines is 1. The molecule has 0 unspecified atom stereocenters. The number of rotatable bonds is 3. The fourth-order valence-electron chi connectivity index (χ4n) is 2.26. The van der Waals surface area contributed by atoms with Gasteiger partial charge in [0.1, 0.15) is 5.75 Å². The van der Waals surface area contributed by atoms with E-state index in [-0.39, 0.29) is 11.7 Å². The molecule has 104 valence electrons. The highest BCUT2D eigenvalue weighted by atomic mass is 32.2. The first-order valence-corrected chi connectivity index (χ1v) is 7.28. The van der Waals surface area contributed by atoms with Gasteiger partial charge in [-0.25, -0.2) is 0 Å². The molecule has 0 saturated heterocycles. The largest absolute Gasteiger partial charge is 0.508 e. The van der Waals surface area contributed by atoms with Crippen LogP contribution < -0.4 is 5.32 Å². The van der Waals surface area contributed by atoms with Crippen LogP contribution in [0.15, 0.2) is 34.3 Å². The zero-order valence-electron chi connectivity index (χ0n) is 11.1. The van der Waals surface area contributed by atoms with E-state index in [9.17, 15) is 9.90 Å². The Kier molecular flexibility index (Phi) is 3.40. The number of hydrogen-bond donors (Lipinski definition) is 2. The lowest BCUT2D eigenvalue weighted by atomic mass is 10.2. The molecule has 1 aromatic rings. The van der Waals surface area contributed by atoms with Gasteiger partial charge in [-0.05, 0) is 36.1 Å². The van der Waals surface area contributed by atoms with E-state index in [1.807, 2.05) is 12.3 Å². The Labute approximate surface area is 121 Å². The highest BCUT2D eigenvalue weighted by molar-refractivity contribution is 8.16. The highest BCUT2D eigenvalue weighted by Gasteiger charge is 2.27. The van der Waals surface area contributed by atoms with Crippen molar-refractivity contribution in [2.45, 2.75) is 13.3 Å². The third-order valence-electron chi connectivity index (χ3n) is 3.27. The van der Waals surface area contributed by atoms with Crippen molar-refractivity contribution in [3.05, 3.63) is 34.9 Å². The van der Waals surface area contributed by atoms with Crippen molar-refractivity contribution in [2.75, 3.05) is 18.4 Å². The zero-order valence-corrected chi connectivity index (χ0v) is 11.9. The number of amides is 1. The van der Waals surface area contributed by atoms with Crippen LogP contribution in [0.4, 0.5) is 5.69 Å². The van der Waals surface area contributed by atoms with Gasteiger partial charge in [-0.1, -0.05) is 11.8 Å². The highest BCUT2D eigenvalue weighted by Crippen LogP contribution is 2.31. The number of fused-ring (bicyclic) bond motifs is 1. The first-order valence-electron chi connectivity index (χ1n) is 6.40. The molecular weight excluding hydrogens is 274 g/mol. The fourth-order valence-corrected chi connectivity index (χ4v) is 3.22. The molecule has 5 nitrogen and oxygen atoms in total. The van der Waals surface area contributed by atoms with Gasteiger partial charge in [0.2, 0.25) is 5.91 Å². The Morgan fingerprint density at radius 1 is 1.55 bits per heavy atom. The normalized spacial score (nSPS) is 16.8. The average Bonchev–Trinajstić information content (AvgIpc) is 2.98. The predicted molar refractivity (Wildman–Crippen MR) is 80.8 cm³/mol. The van der Waals surface area contributed by atoms with E-state index >= 15 is 0 Å². The van der Waals surface area contributed by atoms with Gasteiger partial charge < -0.3 is 15.3 Å². The molecule has 2 N–H and O–H groups in total. The minimum Gasteiger partial charge on any atom is -0.508 e. The maximum Gasteiger partial charge on any atom is 0.230 e. The number of nitrogens with zero attached hydrogens (tertiary/aromatic N) is 2. The third kappa shape index (κ3) is 2.51. The molecule has 2 aliphatic heterocycles. The zero-order chi connectivity index (χ0) is 14.1. The Hall–Kier alpha value is -1.95. The van der Waals surface area contributed by atoms with Crippen LogP contribution >= 0.6 is 11.8 Å². The number of phenols is 1. The molecule has 0 aliphatic carbocycles. The molecular formula is C14H15N3O2S. The van der Waals surface area contributed by atoms with Gasteiger partial charge in [0.25, 0.3) is 0 Å². The molecule has 0 bridgehead atoms. The number of hydrogen-bond acceptors (Lipinski definition) is 5. The van der Waals surface area contributed by atoms with Crippen LogP contribution in [0.2, 0.25) is 0 Å². The number of carbonyl (C=O) groups excluding carboxylic acids is 1. The average molecular weight is 289 g/mol. The number of thioether (sulfide) groups is 1. The number of aliphatic imine (C=N–C) groups is 1. The van der Waals surface area contributed by atoms with Crippen molar-refractivity contribution in [3.63, 3.8) is 0 Å². The summed E-state index contributed by atoms with van der Waals surface area (Å²) in [6.07, 6.45) is 0.340. The van der Waals surface area contributed by atoms with Crippen LogP contribution in [0.3, 0.4) is 0 Å². The smallest absolute Gasteiger partial charge is 0.230 e. The van der Waals surface area contributed by atoms with Crippen LogP contribution in [-0.2, 0) is 4.79 Å². The molecule has 0 spiro atoms. The number of benzene rings is 1. The standard InChI is InChI=1S/C14H15N3O2S/c1-9-6-11(18)2-3-12(9)16-13(19)7-10-8-20-14-15-4-5-17(10)14/h2-3,6,8,18H,4-5,7H2,1H3,(H,16,19). The third-order valence-corrected chi connectivity index (χ3v) is 4.22. The van der Waals surface area contributed by atoms with Crippen molar-refractivity contribution < 1.29 is 9.90 Å². The summed E-state index contributed by atoms with van der Waals surface area (Å²) in [6.45, 7) is 3.52. The molecule has 0 atom stereocenters. The predicted octanol–water partition coefficient (Wildman–Crippen LogP) is 2.29. The molecule has 6 heteroatoms. The minimum absolute atomic E-state index is 0.0567. The number of nitrogens with one attached hydrogen (secondary N) is 1. The fraction of sp³-hybridized carbons (Fsp3) is 0.286. The Bertz CT molecular complexity index is 625.